The van der Waals surface area contributed by atoms with Gasteiger partial charge in [-0.3, -0.25) is 9.59 Å². The SMILES string of the molecule is COCCNC(=O)C1CCC(C(=O)NCCC(C)C)CC1. The Balaban J connectivity index is 2.21. The van der Waals surface area contributed by atoms with Crippen LogP contribution in [0.2, 0.25) is 0 Å². The molecule has 1 rings (SSSR count). The molecule has 0 radical (unpaired) electrons. The Morgan fingerprint density at radius 3 is 1.90 bits per heavy atom. The molecule has 122 valence electrons. The highest BCUT2D eigenvalue weighted by Crippen LogP contribution is 2.29. The van der Waals surface area contributed by atoms with Crippen molar-refractivity contribution < 1.29 is 14.3 Å². The molecule has 1 fully saturated rings. The highest BCUT2D eigenvalue weighted by atomic mass is 16.5. The fourth-order valence-corrected chi connectivity index (χ4v) is 2.67. The van der Waals surface area contributed by atoms with Gasteiger partial charge in [0, 0.05) is 32.0 Å². The van der Waals surface area contributed by atoms with E-state index >= 15 is 0 Å². The first-order valence-corrected chi connectivity index (χ1v) is 8.09. The third kappa shape index (κ3) is 6.93. The number of methoxy groups -OCH3 is 1. The molecule has 0 spiro atoms. The normalized spacial score (nSPS) is 22.1. The molecule has 0 atom stereocenters. The molecule has 0 aromatic heterocycles. The van der Waals surface area contributed by atoms with Crippen molar-refractivity contribution in [3.05, 3.63) is 0 Å². The Kier molecular flexibility index (Phi) is 8.35. The summed E-state index contributed by atoms with van der Waals surface area (Å²) in [6.07, 6.45) is 4.26. The van der Waals surface area contributed by atoms with Crippen LogP contribution >= 0.6 is 0 Å². The van der Waals surface area contributed by atoms with Crippen molar-refractivity contribution in [1.82, 2.24) is 10.6 Å². The van der Waals surface area contributed by atoms with E-state index < -0.39 is 0 Å². The van der Waals surface area contributed by atoms with E-state index in [0.29, 0.717) is 19.1 Å². The zero-order chi connectivity index (χ0) is 15.7. The zero-order valence-electron chi connectivity index (χ0n) is 13.6. The van der Waals surface area contributed by atoms with Gasteiger partial charge in [0.2, 0.25) is 11.8 Å². The molecule has 2 amide bonds. The van der Waals surface area contributed by atoms with Gasteiger partial charge in [-0.15, -0.1) is 0 Å². The van der Waals surface area contributed by atoms with Crippen LogP contribution in [0.3, 0.4) is 0 Å². The Hall–Kier alpha value is -1.10. The second kappa shape index (κ2) is 9.77. The van der Waals surface area contributed by atoms with Crippen LogP contribution in [-0.2, 0) is 14.3 Å². The molecule has 5 heteroatoms. The Labute approximate surface area is 128 Å². The molecule has 1 saturated carbocycles. The molecule has 0 aliphatic heterocycles. The van der Waals surface area contributed by atoms with Gasteiger partial charge >= 0.3 is 0 Å². The second-order valence-electron chi connectivity index (χ2n) is 6.31. The Morgan fingerprint density at radius 2 is 1.48 bits per heavy atom. The molecule has 0 aromatic rings. The first-order valence-electron chi connectivity index (χ1n) is 8.09. The predicted molar refractivity (Wildman–Crippen MR) is 82.8 cm³/mol. The van der Waals surface area contributed by atoms with E-state index in [2.05, 4.69) is 24.5 Å². The van der Waals surface area contributed by atoms with Gasteiger partial charge in [0.25, 0.3) is 0 Å². The summed E-state index contributed by atoms with van der Waals surface area (Å²) >= 11 is 0. The van der Waals surface area contributed by atoms with Crippen LogP contribution in [0.25, 0.3) is 0 Å². The van der Waals surface area contributed by atoms with Gasteiger partial charge < -0.3 is 15.4 Å². The van der Waals surface area contributed by atoms with E-state index in [1.807, 2.05) is 0 Å². The topological polar surface area (TPSA) is 67.4 Å². The number of hydrogen-bond donors (Lipinski definition) is 2. The standard InChI is InChI=1S/C16H30N2O3/c1-12(2)8-9-17-15(19)13-4-6-14(7-5-13)16(20)18-10-11-21-3/h12-14H,4-11H2,1-3H3,(H,17,19)(H,18,20). The van der Waals surface area contributed by atoms with Crippen LogP contribution in [0.15, 0.2) is 0 Å². The first kappa shape index (κ1) is 18.0. The second-order valence-corrected chi connectivity index (χ2v) is 6.31. The fourth-order valence-electron chi connectivity index (χ4n) is 2.67. The van der Waals surface area contributed by atoms with Gasteiger partial charge in [-0.2, -0.15) is 0 Å². The van der Waals surface area contributed by atoms with Crippen LogP contribution in [0, 0.1) is 17.8 Å². The largest absolute Gasteiger partial charge is 0.383 e. The summed E-state index contributed by atoms with van der Waals surface area (Å²) in [4.78, 5) is 24.0. The fraction of sp³-hybridized carbons (Fsp3) is 0.875. The van der Waals surface area contributed by atoms with Crippen molar-refractivity contribution in [1.29, 1.82) is 0 Å². The maximum Gasteiger partial charge on any atom is 0.223 e. The highest BCUT2D eigenvalue weighted by Gasteiger charge is 2.29. The zero-order valence-corrected chi connectivity index (χ0v) is 13.6. The average Bonchev–Trinajstić information content (AvgIpc) is 2.47. The molecule has 1 aliphatic carbocycles. The molecule has 0 saturated heterocycles. The molecule has 1 aliphatic rings. The van der Waals surface area contributed by atoms with Crippen LogP contribution in [0.1, 0.15) is 46.0 Å². The Bertz CT molecular complexity index is 323. The van der Waals surface area contributed by atoms with E-state index in [4.69, 9.17) is 4.74 Å². The molecule has 0 bridgehead atoms. The monoisotopic (exact) mass is 298 g/mol. The van der Waals surface area contributed by atoms with Gasteiger partial charge in [0.1, 0.15) is 0 Å². The minimum atomic E-state index is 0.0570. The Morgan fingerprint density at radius 1 is 1.00 bits per heavy atom. The van der Waals surface area contributed by atoms with E-state index in [9.17, 15) is 9.59 Å². The quantitative estimate of drug-likeness (QED) is 0.671. The summed E-state index contributed by atoms with van der Waals surface area (Å²) in [5, 5.41) is 5.89. The molecule has 0 heterocycles. The lowest BCUT2D eigenvalue weighted by molar-refractivity contribution is -0.130. The summed E-state index contributed by atoms with van der Waals surface area (Å²) in [6, 6.07) is 0. The van der Waals surface area contributed by atoms with Crippen LogP contribution in [0.5, 0.6) is 0 Å². The summed E-state index contributed by atoms with van der Waals surface area (Å²) in [5.41, 5.74) is 0. The van der Waals surface area contributed by atoms with Crippen molar-refractivity contribution in [2.75, 3.05) is 26.8 Å². The van der Waals surface area contributed by atoms with Gasteiger partial charge in [-0.05, 0) is 38.0 Å². The number of carbonyl (C=O) groups is 2. The van der Waals surface area contributed by atoms with Crippen molar-refractivity contribution in [3.8, 4) is 0 Å². The lowest BCUT2D eigenvalue weighted by atomic mass is 9.81. The lowest BCUT2D eigenvalue weighted by Crippen LogP contribution is -2.38. The third-order valence-corrected chi connectivity index (χ3v) is 4.10. The molecule has 21 heavy (non-hydrogen) atoms. The minimum Gasteiger partial charge on any atom is -0.383 e. The number of carbonyl (C=O) groups excluding carboxylic acids is 2. The van der Waals surface area contributed by atoms with Gasteiger partial charge in [0.05, 0.1) is 6.61 Å². The van der Waals surface area contributed by atoms with Gasteiger partial charge in [0.15, 0.2) is 0 Å². The van der Waals surface area contributed by atoms with E-state index in [0.717, 1.165) is 38.6 Å². The first-order chi connectivity index (χ1) is 10.0. The maximum atomic E-state index is 12.0. The number of hydrogen-bond acceptors (Lipinski definition) is 3. The number of nitrogens with one attached hydrogen (secondary N) is 2. The summed E-state index contributed by atoms with van der Waals surface area (Å²) in [6.45, 7) is 6.16. The summed E-state index contributed by atoms with van der Waals surface area (Å²) < 4.78 is 4.91. The number of ether oxygens (including phenoxy) is 1. The molecule has 0 unspecified atom stereocenters. The van der Waals surface area contributed by atoms with E-state index in [1.165, 1.54) is 0 Å². The van der Waals surface area contributed by atoms with Crippen molar-refractivity contribution >= 4 is 11.8 Å². The average molecular weight is 298 g/mol. The van der Waals surface area contributed by atoms with E-state index in [-0.39, 0.29) is 23.7 Å². The summed E-state index contributed by atoms with van der Waals surface area (Å²) in [7, 11) is 1.62. The smallest absolute Gasteiger partial charge is 0.223 e. The van der Waals surface area contributed by atoms with Crippen molar-refractivity contribution in [3.63, 3.8) is 0 Å². The molecular formula is C16H30N2O3. The molecule has 5 nitrogen and oxygen atoms in total. The van der Waals surface area contributed by atoms with Crippen molar-refractivity contribution in [2.45, 2.75) is 46.0 Å². The predicted octanol–water partition coefficient (Wildman–Crippen LogP) is 1.72. The lowest BCUT2D eigenvalue weighted by Gasteiger charge is -2.27. The molecular weight excluding hydrogens is 268 g/mol. The maximum absolute atomic E-state index is 12.0. The van der Waals surface area contributed by atoms with Crippen LogP contribution in [0.4, 0.5) is 0 Å². The number of rotatable bonds is 8. The van der Waals surface area contributed by atoms with Gasteiger partial charge in [-0.1, -0.05) is 13.8 Å². The summed E-state index contributed by atoms with van der Waals surface area (Å²) in [5.74, 6) is 1.01. The van der Waals surface area contributed by atoms with Crippen LogP contribution < -0.4 is 10.6 Å². The minimum absolute atomic E-state index is 0.0570. The van der Waals surface area contributed by atoms with E-state index in [1.54, 1.807) is 7.11 Å². The van der Waals surface area contributed by atoms with Crippen molar-refractivity contribution in [2.24, 2.45) is 17.8 Å². The number of amides is 2. The van der Waals surface area contributed by atoms with Gasteiger partial charge in [-0.25, -0.2) is 0 Å². The molecule has 2 N–H and O–H groups in total. The molecule has 0 aromatic carbocycles. The third-order valence-electron chi connectivity index (χ3n) is 4.10. The highest BCUT2D eigenvalue weighted by molar-refractivity contribution is 5.81. The van der Waals surface area contributed by atoms with Crippen LogP contribution in [-0.4, -0.2) is 38.6 Å².